The van der Waals surface area contributed by atoms with E-state index < -0.39 is 0 Å². The van der Waals surface area contributed by atoms with Crippen LogP contribution in [0.5, 0.6) is 0 Å². The topological polar surface area (TPSA) is 0 Å². The zero-order valence-electron chi connectivity index (χ0n) is 11.2. The third-order valence-electron chi connectivity index (χ3n) is 3.48. The minimum atomic E-state index is 0.555. The van der Waals surface area contributed by atoms with Crippen molar-refractivity contribution in [3.63, 3.8) is 0 Å². The van der Waals surface area contributed by atoms with Crippen molar-refractivity contribution in [3.8, 4) is 0 Å². The first-order valence-corrected chi connectivity index (χ1v) is 6.46. The first-order valence-electron chi connectivity index (χ1n) is 6.46. The molecule has 0 bridgehead atoms. The third kappa shape index (κ3) is 2.24. The minimum absolute atomic E-state index is 0.555. The monoisotopic (exact) mass is 236 g/mol. The standard InChI is InChI=1S/C18H20/c1-5-14-10-11-18-16(12-15(14)6-2)8-7-9-17(18)13(3)4/h5-10,12-13H,1-2,11H2,3-4H3. The van der Waals surface area contributed by atoms with Gasteiger partial charge < -0.3 is 0 Å². The Balaban J connectivity index is 2.62. The molecular weight excluding hydrogens is 216 g/mol. The molecule has 0 heterocycles. The van der Waals surface area contributed by atoms with Gasteiger partial charge in [-0.15, -0.1) is 0 Å². The SMILES string of the molecule is C=CC1=CCc2c(cccc2C(C)C)C=C1C=C. The van der Waals surface area contributed by atoms with Crippen LogP contribution in [0.3, 0.4) is 0 Å². The molecule has 0 unspecified atom stereocenters. The predicted octanol–water partition coefficient (Wildman–Crippen LogP) is 5.05. The molecule has 0 nitrogen and oxygen atoms in total. The van der Waals surface area contributed by atoms with E-state index in [0.717, 1.165) is 12.0 Å². The Morgan fingerprint density at radius 1 is 1.11 bits per heavy atom. The van der Waals surface area contributed by atoms with Gasteiger partial charge >= 0.3 is 0 Å². The van der Waals surface area contributed by atoms with E-state index in [1.54, 1.807) is 0 Å². The number of rotatable bonds is 3. The van der Waals surface area contributed by atoms with Crippen molar-refractivity contribution in [3.05, 3.63) is 77.4 Å². The largest absolute Gasteiger partial charge is 0.0985 e. The maximum Gasteiger partial charge on any atom is -0.00795 e. The normalized spacial score (nSPS) is 14.4. The van der Waals surface area contributed by atoms with Crippen molar-refractivity contribution in [1.29, 1.82) is 0 Å². The van der Waals surface area contributed by atoms with E-state index in [0.29, 0.717) is 5.92 Å². The van der Waals surface area contributed by atoms with E-state index >= 15 is 0 Å². The van der Waals surface area contributed by atoms with Crippen molar-refractivity contribution in [2.75, 3.05) is 0 Å². The number of benzene rings is 1. The molecule has 0 atom stereocenters. The van der Waals surface area contributed by atoms with Gasteiger partial charge in [0.15, 0.2) is 0 Å². The second-order valence-electron chi connectivity index (χ2n) is 4.94. The van der Waals surface area contributed by atoms with Crippen LogP contribution in [0.4, 0.5) is 0 Å². The third-order valence-corrected chi connectivity index (χ3v) is 3.48. The van der Waals surface area contributed by atoms with E-state index in [9.17, 15) is 0 Å². The zero-order valence-corrected chi connectivity index (χ0v) is 11.2. The molecule has 0 saturated carbocycles. The van der Waals surface area contributed by atoms with Gasteiger partial charge in [-0.3, -0.25) is 0 Å². The average molecular weight is 236 g/mol. The van der Waals surface area contributed by atoms with Crippen LogP contribution in [0.1, 0.15) is 36.5 Å². The molecule has 0 fully saturated rings. The lowest BCUT2D eigenvalue weighted by Crippen LogP contribution is -1.97. The highest BCUT2D eigenvalue weighted by atomic mass is 14.2. The van der Waals surface area contributed by atoms with Crippen LogP contribution in [0.15, 0.2) is 60.7 Å². The lowest BCUT2D eigenvalue weighted by molar-refractivity contribution is 0.849. The highest BCUT2D eigenvalue weighted by Gasteiger charge is 2.12. The summed E-state index contributed by atoms with van der Waals surface area (Å²) in [5.41, 5.74) is 6.52. The fourth-order valence-corrected chi connectivity index (χ4v) is 2.49. The molecule has 0 amide bonds. The van der Waals surface area contributed by atoms with Gasteiger partial charge in [0, 0.05) is 0 Å². The lowest BCUT2D eigenvalue weighted by Gasteiger charge is -2.13. The summed E-state index contributed by atoms with van der Waals surface area (Å²) in [7, 11) is 0. The van der Waals surface area contributed by atoms with Gasteiger partial charge in [0.05, 0.1) is 0 Å². The van der Waals surface area contributed by atoms with Crippen molar-refractivity contribution >= 4 is 6.08 Å². The van der Waals surface area contributed by atoms with E-state index in [2.05, 4.69) is 57.4 Å². The molecule has 0 spiro atoms. The van der Waals surface area contributed by atoms with Gasteiger partial charge in [-0.25, -0.2) is 0 Å². The van der Waals surface area contributed by atoms with Gasteiger partial charge in [-0.05, 0) is 46.3 Å². The first-order chi connectivity index (χ1) is 8.67. The fourth-order valence-electron chi connectivity index (χ4n) is 2.49. The molecule has 1 aliphatic carbocycles. The quantitative estimate of drug-likeness (QED) is 0.689. The molecule has 2 rings (SSSR count). The van der Waals surface area contributed by atoms with E-state index in [1.807, 2.05) is 12.2 Å². The fraction of sp³-hybridized carbons (Fsp3) is 0.222. The molecule has 92 valence electrons. The van der Waals surface area contributed by atoms with Gasteiger partial charge in [0.1, 0.15) is 0 Å². The smallest absolute Gasteiger partial charge is 0.00795 e. The van der Waals surface area contributed by atoms with Crippen molar-refractivity contribution in [2.45, 2.75) is 26.2 Å². The second-order valence-corrected chi connectivity index (χ2v) is 4.94. The van der Waals surface area contributed by atoms with Crippen LogP contribution in [0.25, 0.3) is 6.08 Å². The van der Waals surface area contributed by atoms with Gasteiger partial charge in [-0.2, -0.15) is 0 Å². The minimum Gasteiger partial charge on any atom is -0.0985 e. The molecule has 1 aromatic rings. The van der Waals surface area contributed by atoms with Gasteiger partial charge in [0.25, 0.3) is 0 Å². The summed E-state index contributed by atoms with van der Waals surface area (Å²) in [6.07, 6.45) is 9.25. The second kappa shape index (κ2) is 5.22. The Morgan fingerprint density at radius 3 is 2.44 bits per heavy atom. The lowest BCUT2D eigenvalue weighted by atomic mass is 9.91. The van der Waals surface area contributed by atoms with Crippen LogP contribution < -0.4 is 0 Å². The van der Waals surface area contributed by atoms with Gasteiger partial charge in [-0.1, -0.05) is 63.4 Å². The highest BCUT2D eigenvalue weighted by Crippen LogP contribution is 2.30. The molecule has 0 saturated heterocycles. The van der Waals surface area contributed by atoms with Crippen molar-refractivity contribution in [2.24, 2.45) is 0 Å². The maximum absolute atomic E-state index is 3.90. The summed E-state index contributed by atoms with van der Waals surface area (Å²) < 4.78 is 0. The van der Waals surface area contributed by atoms with Crippen LogP contribution in [-0.4, -0.2) is 0 Å². The number of hydrogen-bond acceptors (Lipinski definition) is 0. The zero-order chi connectivity index (χ0) is 13.1. The Labute approximate surface area is 110 Å². The molecule has 1 aromatic carbocycles. The van der Waals surface area contributed by atoms with Crippen LogP contribution >= 0.6 is 0 Å². The highest BCUT2D eigenvalue weighted by molar-refractivity contribution is 5.69. The first kappa shape index (κ1) is 12.6. The van der Waals surface area contributed by atoms with Crippen molar-refractivity contribution < 1.29 is 0 Å². The van der Waals surface area contributed by atoms with Crippen LogP contribution in [-0.2, 0) is 6.42 Å². The number of allylic oxidation sites excluding steroid dienone is 5. The Hall–Kier alpha value is -1.82. The summed E-state index contributed by atoms with van der Waals surface area (Å²) in [5, 5.41) is 0. The number of hydrogen-bond donors (Lipinski definition) is 0. The summed E-state index contributed by atoms with van der Waals surface area (Å²) in [4.78, 5) is 0. The number of fused-ring (bicyclic) bond motifs is 1. The molecule has 0 aliphatic heterocycles. The van der Waals surface area contributed by atoms with Crippen LogP contribution in [0.2, 0.25) is 0 Å². The Bertz CT molecular complexity index is 539. The predicted molar refractivity (Wildman–Crippen MR) is 80.7 cm³/mol. The molecular formula is C18H20. The van der Waals surface area contributed by atoms with E-state index in [-0.39, 0.29) is 0 Å². The van der Waals surface area contributed by atoms with Crippen LogP contribution in [0, 0.1) is 0 Å². The molecule has 18 heavy (non-hydrogen) atoms. The molecule has 0 radical (unpaired) electrons. The summed E-state index contributed by atoms with van der Waals surface area (Å²) in [5.74, 6) is 0.555. The molecule has 0 heteroatoms. The van der Waals surface area contributed by atoms with Gasteiger partial charge in [0.2, 0.25) is 0 Å². The Morgan fingerprint density at radius 2 is 1.83 bits per heavy atom. The molecule has 1 aliphatic rings. The molecule has 0 N–H and O–H groups in total. The summed E-state index contributed by atoms with van der Waals surface area (Å²) in [6.45, 7) is 12.3. The maximum atomic E-state index is 3.90. The Kier molecular flexibility index (Phi) is 3.66. The molecule has 0 aromatic heterocycles. The van der Waals surface area contributed by atoms with Crippen molar-refractivity contribution in [1.82, 2.24) is 0 Å². The average Bonchev–Trinajstić information content (AvgIpc) is 2.56. The van der Waals surface area contributed by atoms with E-state index in [1.165, 1.54) is 22.3 Å². The summed E-state index contributed by atoms with van der Waals surface area (Å²) in [6, 6.07) is 6.56. The van der Waals surface area contributed by atoms with E-state index in [4.69, 9.17) is 0 Å². The summed E-state index contributed by atoms with van der Waals surface area (Å²) >= 11 is 0.